The SMILES string of the molecule is CCC(C)c1cc2c(-c3ccc(C)c(C)c3C)cccc2[cH-]1.CCC(C)c1cc2c(-c3ccc(C)c(C)c3C)cccc2[cH-]1.[Hf].[c-]1cccc2c1[Si]c1ccccc1-2. The summed E-state index contributed by atoms with van der Waals surface area (Å²) in [6.45, 7) is 22.5. The van der Waals surface area contributed by atoms with Crippen molar-refractivity contribution in [2.75, 3.05) is 0 Å². The Bertz CT molecular complexity index is 2500. The van der Waals surface area contributed by atoms with Crippen molar-refractivity contribution in [2.24, 2.45) is 0 Å². The van der Waals surface area contributed by atoms with Gasteiger partial charge >= 0.3 is 0 Å². The largest absolute Gasteiger partial charge is 0.184 e. The van der Waals surface area contributed by atoms with Crippen molar-refractivity contribution >= 4 is 41.4 Å². The van der Waals surface area contributed by atoms with E-state index in [9.17, 15) is 0 Å². The first-order chi connectivity index (χ1) is 27.5. The number of hydrogen-bond donors (Lipinski definition) is 0. The van der Waals surface area contributed by atoms with Gasteiger partial charge in [-0.1, -0.05) is 123 Å². The van der Waals surface area contributed by atoms with Gasteiger partial charge in [0.25, 0.3) is 0 Å². The molecule has 2 heteroatoms. The van der Waals surface area contributed by atoms with Gasteiger partial charge in [-0.2, -0.15) is 41.6 Å². The van der Waals surface area contributed by atoms with Crippen molar-refractivity contribution in [1.29, 1.82) is 0 Å². The van der Waals surface area contributed by atoms with E-state index in [0.717, 1.165) is 9.52 Å². The predicted octanol–water partition coefficient (Wildman–Crippen LogP) is 14.4. The first kappa shape index (κ1) is 43.2. The van der Waals surface area contributed by atoms with Crippen molar-refractivity contribution in [3.05, 3.63) is 178 Å². The molecule has 0 amide bonds. The van der Waals surface area contributed by atoms with Gasteiger partial charge in [-0.25, -0.2) is 0 Å². The van der Waals surface area contributed by atoms with E-state index >= 15 is 0 Å². The monoisotopic (exact) mass is 937 g/mol. The number of benzene rings is 6. The van der Waals surface area contributed by atoms with Gasteiger partial charge in [0.2, 0.25) is 0 Å². The molecule has 9 rings (SSSR count). The van der Waals surface area contributed by atoms with Crippen molar-refractivity contribution in [2.45, 2.75) is 93.9 Å². The maximum absolute atomic E-state index is 3.31. The molecular formula is C56H57HfSi-3. The summed E-state index contributed by atoms with van der Waals surface area (Å²) in [5.41, 5.74) is 19.5. The van der Waals surface area contributed by atoms with Crippen LogP contribution in [-0.2, 0) is 25.8 Å². The fourth-order valence-corrected chi connectivity index (χ4v) is 9.56. The molecule has 0 aromatic heterocycles. The molecule has 0 saturated heterocycles. The summed E-state index contributed by atoms with van der Waals surface area (Å²) >= 11 is 0. The van der Waals surface area contributed by atoms with Crippen LogP contribution >= 0.6 is 0 Å². The smallest absolute Gasteiger partial charge is 0.0920 e. The van der Waals surface area contributed by atoms with Crippen LogP contribution in [0, 0.1) is 47.6 Å². The van der Waals surface area contributed by atoms with Crippen LogP contribution in [0.15, 0.2) is 127 Å². The van der Waals surface area contributed by atoms with Gasteiger partial charge in [0.1, 0.15) is 0 Å². The fraction of sp³-hybridized carbons (Fsp3) is 0.250. The molecule has 0 saturated carbocycles. The minimum Gasteiger partial charge on any atom is -0.184 e. The van der Waals surface area contributed by atoms with Gasteiger partial charge in [-0.05, 0) is 97.9 Å². The van der Waals surface area contributed by atoms with Crippen LogP contribution in [0.4, 0.5) is 0 Å². The van der Waals surface area contributed by atoms with Crippen LogP contribution in [-0.4, -0.2) is 9.52 Å². The van der Waals surface area contributed by atoms with E-state index in [0.29, 0.717) is 11.8 Å². The molecule has 2 radical (unpaired) electrons. The molecule has 1 heterocycles. The van der Waals surface area contributed by atoms with E-state index in [1.807, 2.05) is 6.07 Å². The zero-order valence-electron chi connectivity index (χ0n) is 36.2. The van der Waals surface area contributed by atoms with Crippen molar-refractivity contribution < 1.29 is 25.8 Å². The normalized spacial score (nSPS) is 12.4. The third-order valence-electron chi connectivity index (χ3n) is 12.9. The van der Waals surface area contributed by atoms with E-state index in [-0.39, 0.29) is 25.8 Å². The summed E-state index contributed by atoms with van der Waals surface area (Å²) in [6.07, 6.45) is 2.38. The average Bonchev–Trinajstić information content (AvgIpc) is 3.98. The van der Waals surface area contributed by atoms with Gasteiger partial charge in [0.05, 0.1) is 9.52 Å². The first-order valence-electron chi connectivity index (χ1n) is 20.9. The van der Waals surface area contributed by atoms with Gasteiger partial charge < -0.3 is 0 Å². The van der Waals surface area contributed by atoms with E-state index in [2.05, 4.69) is 197 Å². The Balaban J connectivity index is 0.000000150. The Morgan fingerprint density at radius 3 is 1.47 bits per heavy atom. The Morgan fingerprint density at radius 2 is 0.966 bits per heavy atom. The standard InChI is InChI=1S/2C22H25.C12H7Si.Hf/c2*1-6-14(2)19-12-18-8-7-9-21(22(18)13-19)20-11-10-15(3)16(4)17(20)5;1-3-7-11-9(5-1)10-6-2-4-8-12(10)13-11;/h2*7-14H,6H2,1-5H3;1-7H;/q3*-1;. The Kier molecular flexibility index (Phi) is 13.9. The van der Waals surface area contributed by atoms with Crippen molar-refractivity contribution in [3.63, 3.8) is 0 Å². The first-order valence-corrected chi connectivity index (χ1v) is 21.9. The maximum Gasteiger partial charge on any atom is 0.0920 e. The Labute approximate surface area is 370 Å². The van der Waals surface area contributed by atoms with E-state index in [1.165, 1.54) is 123 Å². The number of hydrogen-bond acceptors (Lipinski definition) is 0. The van der Waals surface area contributed by atoms with E-state index < -0.39 is 0 Å². The van der Waals surface area contributed by atoms with Crippen LogP contribution < -0.4 is 10.4 Å². The Hall–Kier alpha value is -4.37. The molecule has 0 N–H and O–H groups in total. The molecule has 1 aliphatic heterocycles. The van der Waals surface area contributed by atoms with Crippen LogP contribution in [0.2, 0.25) is 0 Å². The summed E-state index contributed by atoms with van der Waals surface area (Å²) in [7, 11) is 0.795. The minimum absolute atomic E-state index is 0. The van der Waals surface area contributed by atoms with Crippen LogP contribution in [0.25, 0.3) is 54.9 Å². The molecule has 1 aliphatic rings. The molecule has 58 heavy (non-hydrogen) atoms. The molecule has 2 unspecified atom stereocenters. The topological polar surface area (TPSA) is 0 Å². The van der Waals surface area contributed by atoms with Gasteiger partial charge in [0, 0.05) is 25.8 Å². The molecule has 0 spiro atoms. The van der Waals surface area contributed by atoms with Gasteiger partial charge in [0.15, 0.2) is 0 Å². The zero-order valence-corrected chi connectivity index (χ0v) is 40.8. The molecule has 0 fully saturated rings. The van der Waals surface area contributed by atoms with Crippen LogP contribution in [0.1, 0.15) is 96.9 Å². The van der Waals surface area contributed by atoms with E-state index in [4.69, 9.17) is 0 Å². The molecule has 2 atom stereocenters. The predicted molar refractivity (Wildman–Crippen MR) is 252 cm³/mol. The molecule has 8 aromatic carbocycles. The molecule has 0 bridgehead atoms. The Morgan fingerprint density at radius 1 is 0.500 bits per heavy atom. The number of aryl methyl sites for hydroxylation is 2. The maximum atomic E-state index is 3.31. The second-order valence-corrected chi connectivity index (χ2v) is 17.6. The quantitative estimate of drug-likeness (QED) is 0.115. The molecule has 0 nitrogen and oxygen atoms in total. The number of fused-ring (bicyclic) bond motifs is 5. The average molecular weight is 937 g/mol. The third-order valence-corrected chi connectivity index (χ3v) is 14.3. The van der Waals surface area contributed by atoms with Gasteiger partial charge in [-0.3, -0.25) is 0 Å². The summed E-state index contributed by atoms with van der Waals surface area (Å²) in [5, 5.41) is 8.34. The third kappa shape index (κ3) is 8.66. The molecule has 8 aromatic rings. The fourth-order valence-electron chi connectivity index (χ4n) is 8.25. The van der Waals surface area contributed by atoms with E-state index in [1.54, 1.807) is 0 Å². The minimum atomic E-state index is 0. The second-order valence-electron chi connectivity index (χ2n) is 16.3. The summed E-state index contributed by atoms with van der Waals surface area (Å²) in [5.74, 6) is 1.25. The second kappa shape index (κ2) is 18.7. The van der Waals surface area contributed by atoms with Crippen LogP contribution in [0.5, 0.6) is 0 Å². The van der Waals surface area contributed by atoms with Crippen molar-refractivity contribution in [3.8, 4) is 33.4 Å². The molecular weight excluding hydrogens is 879 g/mol. The number of rotatable bonds is 6. The van der Waals surface area contributed by atoms with Gasteiger partial charge in [-0.15, -0.1) is 74.6 Å². The van der Waals surface area contributed by atoms with Crippen molar-refractivity contribution in [1.82, 2.24) is 0 Å². The zero-order chi connectivity index (χ0) is 40.4. The summed E-state index contributed by atoms with van der Waals surface area (Å²) in [4.78, 5) is 0. The molecule has 292 valence electrons. The van der Waals surface area contributed by atoms with Crippen LogP contribution in [0.3, 0.4) is 0 Å². The summed E-state index contributed by atoms with van der Waals surface area (Å²) in [6, 6.07) is 50.1. The molecule has 0 aliphatic carbocycles. The summed E-state index contributed by atoms with van der Waals surface area (Å²) < 4.78 is 0.